The fourth-order valence-corrected chi connectivity index (χ4v) is 1.44. The van der Waals surface area contributed by atoms with E-state index in [0.717, 1.165) is 0 Å². The zero-order valence-electron chi connectivity index (χ0n) is 8.53. The van der Waals surface area contributed by atoms with Gasteiger partial charge >= 0.3 is 0 Å². The standard InChI is InChI=1S/C10H11FN4/c1-6-13-7(2)15(14-6)10-5-8(12)3-4-9(10)11/h3-5H,12H2,1-2H3. The van der Waals surface area contributed by atoms with Gasteiger partial charge in [0.2, 0.25) is 0 Å². The predicted octanol–water partition coefficient (Wildman–Crippen LogP) is 1.61. The Morgan fingerprint density at radius 2 is 2.07 bits per heavy atom. The van der Waals surface area contributed by atoms with Crippen molar-refractivity contribution in [3.63, 3.8) is 0 Å². The molecule has 4 nitrogen and oxygen atoms in total. The van der Waals surface area contributed by atoms with Gasteiger partial charge in [0.25, 0.3) is 0 Å². The van der Waals surface area contributed by atoms with Gasteiger partial charge in [-0.3, -0.25) is 0 Å². The second-order valence-corrected chi connectivity index (χ2v) is 3.33. The van der Waals surface area contributed by atoms with E-state index >= 15 is 0 Å². The van der Waals surface area contributed by atoms with Crippen molar-refractivity contribution in [2.24, 2.45) is 0 Å². The van der Waals surface area contributed by atoms with Crippen LogP contribution in [0.25, 0.3) is 5.69 Å². The topological polar surface area (TPSA) is 56.7 Å². The van der Waals surface area contributed by atoms with Gasteiger partial charge < -0.3 is 5.73 Å². The molecule has 0 radical (unpaired) electrons. The van der Waals surface area contributed by atoms with Crippen LogP contribution in [0.4, 0.5) is 10.1 Å². The summed E-state index contributed by atoms with van der Waals surface area (Å²) in [7, 11) is 0. The smallest absolute Gasteiger partial charge is 0.149 e. The summed E-state index contributed by atoms with van der Waals surface area (Å²) in [5, 5.41) is 4.09. The SMILES string of the molecule is Cc1nc(C)n(-c2cc(N)ccc2F)n1. The number of rotatable bonds is 1. The Morgan fingerprint density at radius 1 is 1.33 bits per heavy atom. The third kappa shape index (κ3) is 1.68. The summed E-state index contributed by atoms with van der Waals surface area (Å²) in [5.74, 6) is 0.878. The van der Waals surface area contributed by atoms with E-state index in [2.05, 4.69) is 10.1 Å². The highest BCUT2D eigenvalue weighted by Crippen LogP contribution is 2.17. The minimum Gasteiger partial charge on any atom is -0.399 e. The molecule has 1 heterocycles. The summed E-state index contributed by atoms with van der Waals surface area (Å²) in [4.78, 5) is 4.10. The molecule has 1 aromatic carbocycles. The van der Waals surface area contributed by atoms with Gasteiger partial charge in [0.1, 0.15) is 23.2 Å². The van der Waals surface area contributed by atoms with Crippen LogP contribution < -0.4 is 5.73 Å². The Labute approximate surface area is 86.6 Å². The van der Waals surface area contributed by atoms with Crippen molar-refractivity contribution in [1.82, 2.24) is 14.8 Å². The quantitative estimate of drug-likeness (QED) is 0.721. The fourth-order valence-electron chi connectivity index (χ4n) is 1.44. The van der Waals surface area contributed by atoms with Gasteiger partial charge in [-0.2, -0.15) is 5.10 Å². The van der Waals surface area contributed by atoms with Gasteiger partial charge in [0.15, 0.2) is 0 Å². The molecule has 0 amide bonds. The lowest BCUT2D eigenvalue weighted by Gasteiger charge is -2.05. The van der Waals surface area contributed by atoms with Crippen LogP contribution in [0.3, 0.4) is 0 Å². The van der Waals surface area contributed by atoms with E-state index < -0.39 is 0 Å². The van der Waals surface area contributed by atoms with Crippen molar-refractivity contribution in [2.75, 3.05) is 5.73 Å². The van der Waals surface area contributed by atoms with Gasteiger partial charge in [0.05, 0.1) is 0 Å². The van der Waals surface area contributed by atoms with Crippen LogP contribution in [0.5, 0.6) is 0 Å². The molecule has 2 rings (SSSR count). The van der Waals surface area contributed by atoms with Crippen LogP contribution in [-0.4, -0.2) is 14.8 Å². The average Bonchev–Trinajstić information content (AvgIpc) is 2.50. The van der Waals surface area contributed by atoms with Crippen LogP contribution in [0, 0.1) is 19.7 Å². The van der Waals surface area contributed by atoms with Crippen LogP contribution in [0.2, 0.25) is 0 Å². The highest BCUT2D eigenvalue weighted by atomic mass is 19.1. The Balaban J connectivity index is 2.62. The molecule has 0 unspecified atom stereocenters. The monoisotopic (exact) mass is 206 g/mol. The number of hydrogen-bond acceptors (Lipinski definition) is 3. The molecule has 0 atom stereocenters. The Morgan fingerprint density at radius 3 is 2.67 bits per heavy atom. The van der Waals surface area contributed by atoms with Crippen molar-refractivity contribution in [1.29, 1.82) is 0 Å². The lowest BCUT2D eigenvalue weighted by Crippen LogP contribution is -2.03. The number of nitrogens with two attached hydrogens (primary N) is 1. The first-order valence-corrected chi connectivity index (χ1v) is 4.53. The van der Waals surface area contributed by atoms with E-state index in [1.807, 2.05) is 0 Å². The van der Waals surface area contributed by atoms with E-state index in [1.165, 1.54) is 22.9 Å². The highest BCUT2D eigenvalue weighted by Gasteiger charge is 2.09. The average molecular weight is 206 g/mol. The largest absolute Gasteiger partial charge is 0.399 e. The molecule has 5 heteroatoms. The molecule has 1 aromatic heterocycles. The molecule has 0 aliphatic carbocycles. The van der Waals surface area contributed by atoms with E-state index in [-0.39, 0.29) is 5.82 Å². The van der Waals surface area contributed by atoms with Crippen molar-refractivity contribution in [3.05, 3.63) is 35.7 Å². The molecule has 0 spiro atoms. The van der Waals surface area contributed by atoms with E-state index in [1.54, 1.807) is 13.8 Å². The zero-order chi connectivity index (χ0) is 11.0. The predicted molar refractivity (Wildman–Crippen MR) is 55.2 cm³/mol. The maximum atomic E-state index is 13.5. The molecule has 0 aliphatic heterocycles. The second kappa shape index (κ2) is 3.34. The van der Waals surface area contributed by atoms with Crippen LogP contribution in [0.15, 0.2) is 18.2 Å². The second-order valence-electron chi connectivity index (χ2n) is 3.33. The number of anilines is 1. The minimum absolute atomic E-state index is 0.327. The maximum absolute atomic E-state index is 13.5. The Hall–Kier alpha value is -1.91. The molecule has 78 valence electrons. The molecular formula is C10H11FN4. The highest BCUT2D eigenvalue weighted by molar-refractivity contribution is 5.48. The zero-order valence-corrected chi connectivity index (χ0v) is 8.53. The molecule has 0 aliphatic rings. The lowest BCUT2D eigenvalue weighted by molar-refractivity contribution is 0.608. The number of nitrogen functional groups attached to an aromatic ring is 1. The van der Waals surface area contributed by atoms with Gasteiger partial charge in [-0.15, -0.1) is 0 Å². The molecule has 15 heavy (non-hydrogen) atoms. The molecule has 0 saturated carbocycles. The number of halogens is 1. The van der Waals surface area contributed by atoms with Gasteiger partial charge in [-0.1, -0.05) is 0 Å². The third-order valence-electron chi connectivity index (χ3n) is 2.07. The Bertz CT molecular complexity index is 504. The van der Waals surface area contributed by atoms with E-state index in [4.69, 9.17) is 5.73 Å². The molecule has 0 saturated heterocycles. The summed E-state index contributed by atoms with van der Waals surface area (Å²) >= 11 is 0. The normalized spacial score (nSPS) is 10.6. The van der Waals surface area contributed by atoms with Crippen LogP contribution >= 0.6 is 0 Å². The fraction of sp³-hybridized carbons (Fsp3) is 0.200. The Kier molecular flexibility index (Phi) is 2.15. The lowest BCUT2D eigenvalue weighted by atomic mass is 10.2. The first kappa shape index (κ1) is 9.64. The molecular weight excluding hydrogens is 195 g/mol. The van der Waals surface area contributed by atoms with Gasteiger partial charge in [-0.05, 0) is 32.0 Å². The molecule has 0 bridgehead atoms. The number of aryl methyl sites for hydroxylation is 2. The first-order chi connectivity index (χ1) is 7.08. The number of nitrogens with zero attached hydrogens (tertiary/aromatic N) is 3. The summed E-state index contributed by atoms with van der Waals surface area (Å²) < 4.78 is 14.9. The van der Waals surface area contributed by atoms with Crippen LogP contribution in [-0.2, 0) is 0 Å². The van der Waals surface area contributed by atoms with Crippen LogP contribution in [0.1, 0.15) is 11.6 Å². The summed E-state index contributed by atoms with van der Waals surface area (Å²) in [6.07, 6.45) is 0. The van der Waals surface area contributed by atoms with E-state index in [0.29, 0.717) is 23.0 Å². The first-order valence-electron chi connectivity index (χ1n) is 4.53. The van der Waals surface area contributed by atoms with Gasteiger partial charge in [0, 0.05) is 5.69 Å². The summed E-state index contributed by atoms with van der Waals surface area (Å²) in [5.41, 5.74) is 6.42. The number of hydrogen-bond donors (Lipinski definition) is 1. The third-order valence-corrected chi connectivity index (χ3v) is 2.07. The number of benzene rings is 1. The van der Waals surface area contributed by atoms with Crippen molar-refractivity contribution >= 4 is 5.69 Å². The van der Waals surface area contributed by atoms with E-state index in [9.17, 15) is 4.39 Å². The summed E-state index contributed by atoms with van der Waals surface area (Å²) in [6.45, 7) is 3.52. The maximum Gasteiger partial charge on any atom is 0.149 e. The van der Waals surface area contributed by atoms with Crippen molar-refractivity contribution < 1.29 is 4.39 Å². The summed E-state index contributed by atoms with van der Waals surface area (Å²) in [6, 6.07) is 4.37. The molecule has 2 N–H and O–H groups in total. The minimum atomic E-state index is -0.364. The number of aromatic nitrogens is 3. The molecule has 2 aromatic rings. The van der Waals surface area contributed by atoms with Gasteiger partial charge in [-0.25, -0.2) is 14.1 Å². The van der Waals surface area contributed by atoms with Crippen molar-refractivity contribution in [3.8, 4) is 5.69 Å². The van der Waals surface area contributed by atoms with Crippen molar-refractivity contribution in [2.45, 2.75) is 13.8 Å². The molecule has 0 fully saturated rings.